The summed E-state index contributed by atoms with van der Waals surface area (Å²) in [4.78, 5) is 23.9. The molecule has 6 heteroatoms. The maximum atomic E-state index is 12.5. The summed E-state index contributed by atoms with van der Waals surface area (Å²) in [5, 5.41) is 11.9. The van der Waals surface area contributed by atoms with Crippen LogP contribution in [-0.4, -0.2) is 36.7 Å². The van der Waals surface area contributed by atoms with Crippen LogP contribution in [0.1, 0.15) is 37.0 Å². The van der Waals surface area contributed by atoms with Gasteiger partial charge in [-0.3, -0.25) is 4.79 Å². The third-order valence-corrected chi connectivity index (χ3v) is 3.27. The Morgan fingerprint density at radius 1 is 1.24 bits per heavy atom. The van der Waals surface area contributed by atoms with E-state index < -0.39 is 17.4 Å². The topological polar surface area (TPSA) is 84.9 Å². The molecule has 0 heterocycles. The highest BCUT2D eigenvalue weighted by Crippen LogP contribution is 2.29. The molecule has 1 aromatic rings. The Balaban J connectivity index is 3.17. The van der Waals surface area contributed by atoms with Crippen LogP contribution in [0.5, 0.6) is 11.5 Å². The predicted molar refractivity (Wildman–Crippen MR) is 78.0 cm³/mol. The number of amides is 1. The Labute approximate surface area is 124 Å². The molecular weight excluding hydrogens is 274 g/mol. The summed E-state index contributed by atoms with van der Waals surface area (Å²) < 4.78 is 10.3. The van der Waals surface area contributed by atoms with Gasteiger partial charge in [0.25, 0.3) is 5.91 Å². The van der Waals surface area contributed by atoms with Gasteiger partial charge in [0, 0.05) is 0 Å². The van der Waals surface area contributed by atoms with Gasteiger partial charge in [-0.25, -0.2) is 4.79 Å². The first-order valence-electron chi connectivity index (χ1n) is 6.66. The molecule has 1 atom stereocenters. The summed E-state index contributed by atoms with van der Waals surface area (Å²) >= 11 is 0. The number of ether oxygens (including phenoxy) is 2. The number of carbonyl (C=O) groups excluding carboxylic acids is 1. The molecule has 0 fully saturated rings. The first-order valence-corrected chi connectivity index (χ1v) is 6.66. The highest BCUT2D eigenvalue weighted by molar-refractivity contribution is 6.02. The number of nitrogens with one attached hydrogen (secondary N) is 1. The van der Waals surface area contributed by atoms with Crippen LogP contribution in [0.4, 0.5) is 0 Å². The minimum atomic E-state index is -1.34. The standard InChI is InChI=1S/C15H21NO5/c1-5-9-15(2,14(18)19)16-13(17)12-10(20-3)7-6-8-11(12)21-4/h6-8H,5,9H2,1-4H3,(H,16,17)(H,18,19). The van der Waals surface area contributed by atoms with Crippen LogP contribution >= 0.6 is 0 Å². The average molecular weight is 295 g/mol. The highest BCUT2D eigenvalue weighted by atomic mass is 16.5. The molecule has 21 heavy (non-hydrogen) atoms. The van der Waals surface area contributed by atoms with Crippen molar-refractivity contribution in [2.75, 3.05) is 14.2 Å². The molecule has 1 unspecified atom stereocenters. The maximum absolute atomic E-state index is 12.5. The Kier molecular flexibility index (Phi) is 5.58. The molecule has 0 spiro atoms. The molecule has 0 aromatic heterocycles. The van der Waals surface area contributed by atoms with Crippen LogP contribution in [0, 0.1) is 0 Å². The van der Waals surface area contributed by atoms with Crippen LogP contribution in [0.15, 0.2) is 18.2 Å². The fraction of sp³-hybridized carbons (Fsp3) is 0.467. The summed E-state index contributed by atoms with van der Waals surface area (Å²) in [7, 11) is 2.88. The molecule has 0 aliphatic carbocycles. The molecule has 1 rings (SSSR count). The summed E-state index contributed by atoms with van der Waals surface area (Å²) in [5.74, 6) is -0.957. The minimum Gasteiger partial charge on any atom is -0.496 e. The second-order valence-electron chi connectivity index (χ2n) is 4.88. The lowest BCUT2D eigenvalue weighted by molar-refractivity contribution is -0.144. The van der Waals surface area contributed by atoms with E-state index in [1.54, 1.807) is 18.2 Å². The Morgan fingerprint density at radius 3 is 2.14 bits per heavy atom. The van der Waals surface area contributed by atoms with Gasteiger partial charge in [-0.15, -0.1) is 0 Å². The third-order valence-electron chi connectivity index (χ3n) is 3.27. The molecule has 2 N–H and O–H groups in total. The molecular formula is C15H21NO5. The first kappa shape index (κ1) is 16.8. The summed E-state index contributed by atoms with van der Waals surface area (Å²) in [6.45, 7) is 3.34. The Morgan fingerprint density at radius 2 is 1.76 bits per heavy atom. The van der Waals surface area contributed by atoms with Crippen molar-refractivity contribution in [3.8, 4) is 11.5 Å². The van der Waals surface area contributed by atoms with Crippen molar-refractivity contribution in [2.24, 2.45) is 0 Å². The lowest BCUT2D eigenvalue weighted by Gasteiger charge is -2.26. The quantitative estimate of drug-likeness (QED) is 0.804. The molecule has 116 valence electrons. The maximum Gasteiger partial charge on any atom is 0.329 e. The Bertz CT molecular complexity index is 507. The van der Waals surface area contributed by atoms with Crippen LogP contribution in [0.3, 0.4) is 0 Å². The lowest BCUT2D eigenvalue weighted by Crippen LogP contribution is -2.52. The van der Waals surface area contributed by atoms with Crippen molar-refractivity contribution in [1.82, 2.24) is 5.32 Å². The summed E-state index contributed by atoms with van der Waals surface area (Å²) in [6.07, 6.45) is 0.956. The van der Waals surface area contributed by atoms with Crippen molar-refractivity contribution < 1.29 is 24.2 Å². The predicted octanol–water partition coefficient (Wildman–Crippen LogP) is 2.08. The van der Waals surface area contributed by atoms with Crippen LogP contribution in [0.2, 0.25) is 0 Å². The number of rotatable bonds is 7. The number of carboxylic acid groups (broad SMARTS) is 1. The third kappa shape index (κ3) is 3.65. The van der Waals surface area contributed by atoms with Gasteiger partial charge in [0.1, 0.15) is 22.6 Å². The number of benzene rings is 1. The van der Waals surface area contributed by atoms with E-state index in [1.807, 2.05) is 6.92 Å². The van der Waals surface area contributed by atoms with Crippen molar-refractivity contribution in [3.05, 3.63) is 23.8 Å². The van der Waals surface area contributed by atoms with Gasteiger partial charge in [0.15, 0.2) is 0 Å². The van der Waals surface area contributed by atoms with Gasteiger partial charge in [-0.2, -0.15) is 0 Å². The van der Waals surface area contributed by atoms with E-state index in [9.17, 15) is 14.7 Å². The van der Waals surface area contributed by atoms with Gasteiger partial charge in [-0.05, 0) is 25.5 Å². The van der Waals surface area contributed by atoms with E-state index in [-0.39, 0.29) is 5.56 Å². The second kappa shape index (κ2) is 6.97. The van der Waals surface area contributed by atoms with E-state index in [1.165, 1.54) is 21.1 Å². The first-order chi connectivity index (χ1) is 9.89. The zero-order chi connectivity index (χ0) is 16.0. The van der Waals surface area contributed by atoms with Gasteiger partial charge in [-0.1, -0.05) is 19.4 Å². The van der Waals surface area contributed by atoms with E-state index in [0.717, 1.165) is 0 Å². The zero-order valence-corrected chi connectivity index (χ0v) is 12.7. The van der Waals surface area contributed by atoms with Gasteiger partial charge in [0.2, 0.25) is 0 Å². The van der Waals surface area contributed by atoms with Crippen molar-refractivity contribution in [3.63, 3.8) is 0 Å². The van der Waals surface area contributed by atoms with E-state index in [0.29, 0.717) is 24.3 Å². The van der Waals surface area contributed by atoms with E-state index in [4.69, 9.17) is 9.47 Å². The zero-order valence-electron chi connectivity index (χ0n) is 12.7. The number of hydrogen-bond donors (Lipinski definition) is 2. The molecule has 1 amide bonds. The second-order valence-corrected chi connectivity index (χ2v) is 4.88. The van der Waals surface area contributed by atoms with E-state index >= 15 is 0 Å². The smallest absolute Gasteiger partial charge is 0.329 e. The molecule has 0 saturated carbocycles. The van der Waals surface area contributed by atoms with Crippen molar-refractivity contribution >= 4 is 11.9 Å². The molecule has 0 aliphatic rings. The number of aliphatic carboxylic acids is 1. The van der Waals surface area contributed by atoms with E-state index in [2.05, 4.69) is 5.32 Å². The number of hydrogen-bond acceptors (Lipinski definition) is 4. The molecule has 0 aliphatic heterocycles. The van der Waals surface area contributed by atoms with Crippen molar-refractivity contribution in [2.45, 2.75) is 32.2 Å². The number of carboxylic acids is 1. The molecule has 0 bridgehead atoms. The monoisotopic (exact) mass is 295 g/mol. The van der Waals surface area contributed by atoms with Crippen LogP contribution in [0.25, 0.3) is 0 Å². The minimum absolute atomic E-state index is 0.186. The molecule has 6 nitrogen and oxygen atoms in total. The number of methoxy groups -OCH3 is 2. The van der Waals surface area contributed by atoms with Gasteiger partial charge in [0.05, 0.1) is 14.2 Å². The fourth-order valence-corrected chi connectivity index (χ4v) is 2.11. The SMILES string of the molecule is CCCC(C)(NC(=O)c1c(OC)cccc1OC)C(=O)O. The van der Waals surface area contributed by atoms with Gasteiger partial charge >= 0.3 is 5.97 Å². The van der Waals surface area contributed by atoms with Crippen LogP contribution < -0.4 is 14.8 Å². The molecule has 0 radical (unpaired) electrons. The fourth-order valence-electron chi connectivity index (χ4n) is 2.11. The molecule has 0 saturated heterocycles. The van der Waals surface area contributed by atoms with Crippen LogP contribution in [-0.2, 0) is 4.79 Å². The highest BCUT2D eigenvalue weighted by Gasteiger charge is 2.35. The number of carbonyl (C=O) groups is 2. The average Bonchev–Trinajstić information content (AvgIpc) is 2.46. The summed E-state index contributed by atoms with van der Waals surface area (Å²) in [6, 6.07) is 4.93. The summed E-state index contributed by atoms with van der Waals surface area (Å²) in [5.41, 5.74) is -1.15. The normalized spacial score (nSPS) is 13.1. The van der Waals surface area contributed by atoms with Crippen molar-refractivity contribution in [1.29, 1.82) is 0 Å². The Hall–Kier alpha value is -2.24. The lowest BCUT2D eigenvalue weighted by atomic mass is 9.95. The van der Waals surface area contributed by atoms with Gasteiger partial charge < -0.3 is 19.9 Å². The molecule has 1 aromatic carbocycles. The largest absolute Gasteiger partial charge is 0.496 e.